The van der Waals surface area contributed by atoms with Crippen LogP contribution < -0.4 is 0 Å². The summed E-state index contributed by atoms with van der Waals surface area (Å²) >= 11 is 0. The Balaban J connectivity index is 2.20. The van der Waals surface area contributed by atoms with Gasteiger partial charge in [0.1, 0.15) is 12.2 Å². The first-order valence-corrected chi connectivity index (χ1v) is 6.68. The van der Waals surface area contributed by atoms with E-state index in [1.807, 2.05) is 4.90 Å². The van der Waals surface area contributed by atoms with Crippen LogP contribution in [0.4, 0.5) is 0 Å². The van der Waals surface area contributed by atoms with Gasteiger partial charge >= 0.3 is 5.97 Å². The van der Waals surface area contributed by atoms with Crippen LogP contribution in [0.5, 0.6) is 0 Å². The van der Waals surface area contributed by atoms with Gasteiger partial charge in [0.15, 0.2) is 0 Å². The average Bonchev–Trinajstić information content (AvgIpc) is 2.94. The summed E-state index contributed by atoms with van der Waals surface area (Å²) in [6.45, 7) is 4.83. The van der Waals surface area contributed by atoms with E-state index in [2.05, 4.69) is 13.8 Å². The number of carbonyl (C=O) groups excluding carboxylic acids is 1. The maximum absolute atomic E-state index is 12.5. The van der Waals surface area contributed by atoms with Crippen molar-refractivity contribution in [2.45, 2.75) is 39.3 Å². The monoisotopic (exact) mass is 264 g/mol. The summed E-state index contributed by atoms with van der Waals surface area (Å²) in [4.78, 5) is 25.2. The SMILES string of the molecule is CC(C)C1CCCN1C(=O)c1cccn1CC(=O)O. The molecule has 0 radical (unpaired) electrons. The van der Waals surface area contributed by atoms with Crippen molar-refractivity contribution < 1.29 is 14.7 Å². The number of carboxylic acids is 1. The molecule has 1 aliphatic rings. The lowest BCUT2D eigenvalue weighted by molar-refractivity contribution is -0.137. The Labute approximate surface area is 112 Å². The maximum atomic E-state index is 12.5. The van der Waals surface area contributed by atoms with Gasteiger partial charge in [-0.3, -0.25) is 9.59 Å². The summed E-state index contributed by atoms with van der Waals surface area (Å²) in [5, 5.41) is 8.85. The number of amides is 1. The molecule has 2 heterocycles. The largest absolute Gasteiger partial charge is 0.480 e. The summed E-state index contributed by atoms with van der Waals surface area (Å²) in [6, 6.07) is 3.68. The molecule has 1 N–H and O–H groups in total. The lowest BCUT2D eigenvalue weighted by Crippen LogP contribution is -2.39. The van der Waals surface area contributed by atoms with Crippen molar-refractivity contribution in [2.75, 3.05) is 6.54 Å². The number of aliphatic carboxylic acids is 1. The standard InChI is InChI=1S/C14H20N2O3/c1-10(2)11-5-4-8-16(11)14(19)12-6-3-7-15(12)9-13(17)18/h3,6-7,10-11H,4-5,8-9H2,1-2H3,(H,17,18). The summed E-state index contributed by atoms with van der Waals surface area (Å²) in [5.74, 6) is -0.566. The molecule has 1 aromatic heterocycles. The molecular weight excluding hydrogens is 244 g/mol. The van der Waals surface area contributed by atoms with Crippen LogP contribution in [0.25, 0.3) is 0 Å². The first-order chi connectivity index (χ1) is 9.00. The first kappa shape index (κ1) is 13.6. The molecule has 2 rings (SSSR count). The Morgan fingerprint density at radius 2 is 2.21 bits per heavy atom. The number of rotatable bonds is 4. The van der Waals surface area contributed by atoms with Crippen molar-refractivity contribution >= 4 is 11.9 Å². The molecule has 19 heavy (non-hydrogen) atoms. The molecule has 104 valence electrons. The van der Waals surface area contributed by atoms with E-state index < -0.39 is 5.97 Å². The van der Waals surface area contributed by atoms with E-state index in [1.54, 1.807) is 18.3 Å². The quantitative estimate of drug-likeness (QED) is 0.902. The van der Waals surface area contributed by atoms with Gasteiger partial charge in [-0.2, -0.15) is 0 Å². The van der Waals surface area contributed by atoms with Crippen LogP contribution in [0.15, 0.2) is 18.3 Å². The molecule has 0 aliphatic carbocycles. The Bertz CT molecular complexity index is 479. The van der Waals surface area contributed by atoms with Gasteiger partial charge in [0.05, 0.1) is 0 Å². The van der Waals surface area contributed by atoms with E-state index in [1.165, 1.54) is 4.57 Å². The van der Waals surface area contributed by atoms with E-state index in [9.17, 15) is 9.59 Å². The predicted molar refractivity (Wildman–Crippen MR) is 71.0 cm³/mol. The minimum absolute atomic E-state index is 0.0533. The number of likely N-dealkylation sites (tertiary alicyclic amines) is 1. The molecule has 0 saturated carbocycles. The number of carboxylic acid groups (broad SMARTS) is 1. The average molecular weight is 264 g/mol. The van der Waals surface area contributed by atoms with Gasteiger partial charge in [0.25, 0.3) is 5.91 Å². The molecule has 0 bridgehead atoms. The van der Waals surface area contributed by atoms with Crippen molar-refractivity contribution in [3.05, 3.63) is 24.0 Å². The zero-order valence-corrected chi connectivity index (χ0v) is 11.4. The molecule has 1 amide bonds. The lowest BCUT2D eigenvalue weighted by Gasteiger charge is -2.28. The molecule has 1 unspecified atom stereocenters. The van der Waals surface area contributed by atoms with E-state index in [0.717, 1.165) is 19.4 Å². The number of carbonyl (C=O) groups is 2. The third-order valence-electron chi connectivity index (χ3n) is 3.68. The van der Waals surface area contributed by atoms with Gasteiger partial charge in [-0.1, -0.05) is 13.8 Å². The molecule has 1 aliphatic heterocycles. The van der Waals surface area contributed by atoms with Crippen molar-refractivity contribution in [2.24, 2.45) is 5.92 Å². The molecule has 1 saturated heterocycles. The predicted octanol–water partition coefficient (Wildman–Crippen LogP) is 1.83. The van der Waals surface area contributed by atoms with Crippen LogP contribution in [0.1, 0.15) is 37.2 Å². The normalized spacial score (nSPS) is 19.1. The Hall–Kier alpha value is -1.78. The van der Waals surface area contributed by atoms with Gasteiger partial charge in [0.2, 0.25) is 0 Å². The molecular formula is C14H20N2O3. The highest BCUT2D eigenvalue weighted by Gasteiger charge is 2.32. The van der Waals surface area contributed by atoms with E-state index in [4.69, 9.17) is 5.11 Å². The second-order valence-electron chi connectivity index (χ2n) is 5.37. The molecule has 1 aromatic rings. The minimum atomic E-state index is -0.938. The smallest absolute Gasteiger partial charge is 0.323 e. The second kappa shape index (κ2) is 5.47. The van der Waals surface area contributed by atoms with Crippen LogP contribution in [-0.4, -0.2) is 39.0 Å². The highest BCUT2D eigenvalue weighted by Crippen LogP contribution is 2.25. The summed E-state index contributed by atoms with van der Waals surface area (Å²) < 4.78 is 1.50. The first-order valence-electron chi connectivity index (χ1n) is 6.68. The third kappa shape index (κ3) is 2.80. The van der Waals surface area contributed by atoms with E-state index in [-0.39, 0.29) is 18.5 Å². The zero-order chi connectivity index (χ0) is 14.0. The Morgan fingerprint density at radius 1 is 1.47 bits per heavy atom. The van der Waals surface area contributed by atoms with E-state index >= 15 is 0 Å². The topological polar surface area (TPSA) is 62.5 Å². The molecule has 1 atom stereocenters. The molecule has 0 spiro atoms. The lowest BCUT2D eigenvalue weighted by atomic mass is 10.0. The molecule has 0 aromatic carbocycles. The molecule has 5 heteroatoms. The number of nitrogens with zero attached hydrogens (tertiary/aromatic N) is 2. The highest BCUT2D eigenvalue weighted by molar-refractivity contribution is 5.93. The Kier molecular flexibility index (Phi) is 3.93. The van der Waals surface area contributed by atoms with Gasteiger partial charge in [-0.05, 0) is 30.9 Å². The van der Waals surface area contributed by atoms with Crippen molar-refractivity contribution in [1.29, 1.82) is 0 Å². The third-order valence-corrected chi connectivity index (χ3v) is 3.68. The van der Waals surface area contributed by atoms with Gasteiger partial charge in [-0.15, -0.1) is 0 Å². The second-order valence-corrected chi connectivity index (χ2v) is 5.37. The number of hydrogen-bond donors (Lipinski definition) is 1. The van der Waals surface area contributed by atoms with Crippen LogP contribution in [0.3, 0.4) is 0 Å². The molecule has 1 fully saturated rings. The zero-order valence-electron chi connectivity index (χ0n) is 11.4. The van der Waals surface area contributed by atoms with Crippen LogP contribution in [-0.2, 0) is 11.3 Å². The van der Waals surface area contributed by atoms with Crippen LogP contribution in [0.2, 0.25) is 0 Å². The van der Waals surface area contributed by atoms with E-state index in [0.29, 0.717) is 11.6 Å². The van der Waals surface area contributed by atoms with Gasteiger partial charge in [-0.25, -0.2) is 0 Å². The fourth-order valence-electron chi connectivity index (χ4n) is 2.78. The van der Waals surface area contributed by atoms with Crippen molar-refractivity contribution in [3.63, 3.8) is 0 Å². The van der Waals surface area contributed by atoms with Crippen molar-refractivity contribution in [3.8, 4) is 0 Å². The van der Waals surface area contributed by atoms with Gasteiger partial charge < -0.3 is 14.6 Å². The van der Waals surface area contributed by atoms with Crippen LogP contribution >= 0.6 is 0 Å². The van der Waals surface area contributed by atoms with Gasteiger partial charge in [0, 0.05) is 18.8 Å². The summed E-state index contributed by atoms with van der Waals surface area (Å²) in [7, 11) is 0. The van der Waals surface area contributed by atoms with Crippen molar-refractivity contribution in [1.82, 2.24) is 9.47 Å². The minimum Gasteiger partial charge on any atom is -0.480 e. The molecule has 5 nitrogen and oxygen atoms in total. The summed E-state index contributed by atoms with van der Waals surface area (Å²) in [5.41, 5.74) is 0.468. The fraction of sp³-hybridized carbons (Fsp3) is 0.571. The summed E-state index contributed by atoms with van der Waals surface area (Å²) in [6.07, 6.45) is 3.69. The highest BCUT2D eigenvalue weighted by atomic mass is 16.4. The Morgan fingerprint density at radius 3 is 2.84 bits per heavy atom. The van der Waals surface area contributed by atoms with Crippen LogP contribution in [0, 0.1) is 5.92 Å². The maximum Gasteiger partial charge on any atom is 0.323 e. The number of aromatic nitrogens is 1. The number of hydrogen-bond acceptors (Lipinski definition) is 2. The fourth-order valence-corrected chi connectivity index (χ4v) is 2.78.